The van der Waals surface area contributed by atoms with Crippen LogP contribution in [0.4, 0.5) is 0 Å². The maximum Gasteiger partial charge on any atom is 0.107 e. The molecule has 0 bridgehead atoms. The average molecular weight is 229 g/mol. The van der Waals surface area contributed by atoms with Crippen LogP contribution in [-0.2, 0) is 12.8 Å². The van der Waals surface area contributed by atoms with Crippen molar-refractivity contribution in [2.45, 2.75) is 32.6 Å². The standard InChI is InChI=1S/C14H15NS/c1-9-6-7-11-10-4-2-3-5-12(10)14(16)15-13(11)8-9/h6-8H,2-5H2,1H3,(H,15,16). The van der Waals surface area contributed by atoms with Gasteiger partial charge in [-0.1, -0.05) is 24.4 Å². The molecule has 3 rings (SSSR count). The Labute approximate surface area is 101 Å². The molecule has 1 N–H and O–H groups in total. The fourth-order valence-corrected chi connectivity index (χ4v) is 3.01. The maximum absolute atomic E-state index is 5.45. The van der Waals surface area contributed by atoms with Gasteiger partial charge >= 0.3 is 0 Å². The fourth-order valence-electron chi connectivity index (χ4n) is 2.68. The van der Waals surface area contributed by atoms with Crippen molar-refractivity contribution in [1.29, 1.82) is 0 Å². The summed E-state index contributed by atoms with van der Waals surface area (Å²) in [6, 6.07) is 6.62. The van der Waals surface area contributed by atoms with Gasteiger partial charge in [-0.3, -0.25) is 0 Å². The number of benzene rings is 1. The Morgan fingerprint density at radius 3 is 2.69 bits per heavy atom. The van der Waals surface area contributed by atoms with E-state index in [0.717, 1.165) is 11.1 Å². The Bertz CT molecular complexity index is 610. The number of aromatic amines is 1. The summed E-state index contributed by atoms with van der Waals surface area (Å²) in [6.07, 6.45) is 4.91. The van der Waals surface area contributed by atoms with Gasteiger partial charge in [0, 0.05) is 10.9 Å². The van der Waals surface area contributed by atoms with Crippen molar-refractivity contribution in [1.82, 2.24) is 4.98 Å². The number of aromatic nitrogens is 1. The molecule has 0 saturated heterocycles. The highest BCUT2D eigenvalue weighted by Gasteiger charge is 2.14. The minimum atomic E-state index is 0.952. The molecule has 1 heterocycles. The zero-order valence-electron chi connectivity index (χ0n) is 9.47. The van der Waals surface area contributed by atoms with Crippen molar-refractivity contribution in [3.05, 3.63) is 39.5 Å². The molecule has 0 radical (unpaired) electrons. The number of rotatable bonds is 0. The van der Waals surface area contributed by atoms with Crippen LogP contribution in [-0.4, -0.2) is 4.98 Å². The Balaban J connectivity index is 2.42. The lowest BCUT2D eigenvalue weighted by atomic mass is 9.90. The first-order chi connectivity index (χ1) is 7.75. The molecule has 1 aliphatic carbocycles. The van der Waals surface area contributed by atoms with Crippen LogP contribution in [0, 0.1) is 11.6 Å². The highest BCUT2D eigenvalue weighted by molar-refractivity contribution is 7.71. The lowest BCUT2D eigenvalue weighted by Gasteiger charge is -2.18. The van der Waals surface area contributed by atoms with E-state index in [-0.39, 0.29) is 0 Å². The van der Waals surface area contributed by atoms with Gasteiger partial charge in [0.15, 0.2) is 0 Å². The van der Waals surface area contributed by atoms with Crippen LogP contribution in [0.2, 0.25) is 0 Å². The minimum absolute atomic E-state index is 0.952. The van der Waals surface area contributed by atoms with Gasteiger partial charge in [0.2, 0.25) is 0 Å². The Morgan fingerprint density at radius 2 is 1.88 bits per heavy atom. The normalized spacial score (nSPS) is 15.1. The van der Waals surface area contributed by atoms with Crippen molar-refractivity contribution < 1.29 is 0 Å². The van der Waals surface area contributed by atoms with E-state index in [0.29, 0.717) is 0 Å². The first kappa shape index (κ1) is 10.0. The number of hydrogen-bond donors (Lipinski definition) is 1. The molecule has 0 spiro atoms. The van der Waals surface area contributed by atoms with E-state index >= 15 is 0 Å². The number of aryl methyl sites for hydroxylation is 2. The Hall–Kier alpha value is -1.15. The van der Waals surface area contributed by atoms with Gasteiger partial charge in [-0.25, -0.2) is 0 Å². The van der Waals surface area contributed by atoms with Gasteiger partial charge in [0.1, 0.15) is 4.64 Å². The summed E-state index contributed by atoms with van der Waals surface area (Å²) in [6.45, 7) is 2.12. The SMILES string of the molecule is Cc1ccc2c3c(c(=S)[nH]c2c1)CCCC3. The van der Waals surface area contributed by atoms with Gasteiger partial charge in [-0.05, 0) is 55.4 Å². The second-order valence-electron chi connectivity index (χ2n) is 4.67. The summed E-state index contributed by atoms with van der Waals surface area (Å²) in [5.74, 6) is 0. The number of fused-ring (bicyclic) bond motifs is 3. The zero-order valence-corrected chi connectivity index (χ0v) is 10.3. The first-order valence-corrected chi connectivity index (χ1v) is 6.31. The highest BCUT2D eigenvalue weighted by Crippen LogP contribution is 2.28. The molecular formula is C14H15NS. The highest BCUT2D eigenvalue weighted by atomic mass is 32.1. The quantitative estimate of drug-likeness (QED) is 0.673. The second-order valence-corrected chi connectivity index (χ2v) is 5.08. The van der Waals surface area contributed by atoms with Crippen LogP contribution >= 0.6 is 12.2 Å². The molecule has 0 atom stereocenters. The largest absolute Gasteiger partial charge is 0.346 e. The predicted octanol–water partition coefficient (Wildman–Crippen LogP) is 4.08. The van der Waals surface area contributed by atoms with Crippen molar-refractivity contribution >= 4 is 23.1 Å². The third-order valence-electron chi connectivity index (χ3n) is 3.49. The number of pyridine rings is 1. The molecule has 1 aliphatic rings. The molecule has 0 aliphatic heterocycles. The molecule has 1 aromatic carbocycles. The second kappa shape index (κ2) is 3.70. The van der Waals surface area contributed by atoms with Gasteiger partial charge in [0.25, 0.3) is 0 Å². The van der Waals surface area contributed by atoms with E-state index in [1.807, 2.05) is 0 Å². The summed E-state index contributed by atoms with van der Waals surface area (Å²) < 4.78 is 0.952. The van der Waals surface area contributed by atoms with E-state index in [4.69, 9.17) is 12.2 Å². The summed E-state index contributed by atoms with van der Waals surface area (Å²) in [7, 11) is 0. The van der Waals surface area contributed by atoms with Crippen LogP contribution in [0.5, 0.6) is 0 Å². The molecule has 2 heteroatoms. The molecule has 1 nitrogen and oxygen atoms in total. The third-order valence-corrected chi connectivity index (χ3v) is 3.84. The van der Waals surface area contributed by atoms with Gasteiger partial charge in [-0.15, -0.1) is 0 Å². The molecule has 1 aromatic heterocycles. The van der Waals surface area contributed by atoms with Crippen molar-refractivity contribution in [3.8, 4) is 0 Å². The van der Waals surface area contributed by atoms with Crippen LogP contribution < -0.4 is 0 Å². The monoisotopic (exact) mass is 229 g/mol. The van der Waals surface area contributed by atoms with E-state index in [9.17, 15) is 0 Å². The molecule has 2 aromatic rings. The predicted molar refractivity (Wildman–Crippen MR) is 70.5 cm³/mol. The lowest BCUT2D eigenvalue weighted by molar-refractivity contribution is 0.685. The van der Waals surface area contributed by atoms with Crippen molar-refractivity contribution in [2.24, 2.45) is 0 Å². The zero-order chi connectivity index (χ0) is 11.1. The molecule has 0 saturated carbocycles. The number of hydrogen-bond acceptors (Lipinski definition) is 1. The molecule has 0 amide bonds. The minimum Gasteiger partial charge on any atom is -0.346 e. The van der Waals surface area contributed by atoms with E-state index in [1.165, 1.54) is 46.9 Å². The van der Waals surface area contributed by atoms with E-state index in [1.54, 1.807) is 0 Å². The van der Waals surface area contributed by atoms with Gasteiger partial charge in [0.05, 0.1) is 0 Å². The molecule has 0 fully saturated rings. The number of H-pyrrole nitrogens is 1. The Morgan fingerprint density at radius 1 is 1.12 bits per heavy atom. The fraction of sp³-hybridized carbons (Fsp3) is 0.357. The number of nitrogens with one attached hydrogen (secondary N) is 1. The van der Waals surface area contributed by atoms with Crippen LogP contribution in [0.15, 0.2) is 18.2 Å². The molecular weight excluding hydrogens is 214 g/mol. The van der Waals surface area contributed by atoms with Crippen LogP contribution in [0.3, 0.4) is 0 Å². The summed E-state index contributed by atoms with van der Waals surface area (Å²) in [5, 5.41) is 1.37. The first-order valence-electron chi connectivity index (χ1n) is 5.90. The molecule has 82 valence electrons. The topological polar surface area (TPSA) is 15.8 Å². The van der Waals surface area contributed by atoms with Gasteiger partial charge in [-0.2, -0.15) is 0 Å². The molecule has 0 unspecified atom stereocenters. The Kier molecular flexibility index (Phi) is 2.32. The van der Waals surface area contributed by atoms with Crippen molar-refractivity contribution in [2.75, 3.05) is 0 Å². The van der Waals surface area contributed by atoms with Crippen LogP contribution in [0.25, 0.3) is 10.9 Å². The van der Waals surface area contributed by atoms with Crippen molar-refractivity contribution in [3.63, 3.8) is 0 Å². The van der Waals surface area contributed by atoms with Gasteiger partial charge < -0.3 is 4.98 Å². The summed E-state index contributed by atoms with van der Waals surface area (Å²) >= 11 is 5.45. The van der Waals surface area contributed by atoms with E-state index in [2.05, 4.69) is 30.1 Å². The average Bonchev–Trinajstić information content (AvgIpc) is 2.29. The smallest absolute Gasteiger partial charge is 0.107 e. The summed E-state index contributed by atoms with van der Waals surface area (Å²) in [4.78, 5) is 3.37. The summed E-state index contributed by atoms with van der Waals surface area (Å²) in [5.41, 5.74) is 5.36. The molecule has 16 heavy (non-hydrogen) atoms. The van der Waals surface area contributed by atoms with Crippen LogP contribution in [0.1, 0.15) is 29.5 Å². The van der Waals surface area contributed by atoms with E-state index < -0.39 is 0 Å². The third kappa shape index (κ3) is 1.49. The maximum atomic E-state index is 5.45. The lowest BCUT2D eigenvalue weighted by Crippen LogP contribution is -2.05.